The highest BCUT2D eigenvalue weighted by molar-refractivity contribution is 7.89. The zero-order valence-corrected chi connectivity index (χ0v) is 18.0. The molecule has 0 saturated heterocycles. The van der Waals surface area contributed by atoms with Crippen molar-refractivity contribution in [2.75, 3.05) is 25.0 Å². The summed E-state index contributed by atoms with van der Waals surface area (Å²) in [6, 6.07) is 12.9. The van der Waals surface area contributed by atoms with E-state index in [9.17, 15) is 18.0 Å². The third-order valence-electron chi connectivity index (χ3n) is 4.24. The zero-order chi connectivity index (χ0) is 22.1. The van der Waals surface area contributed by atoms with Crippen LogP contribution >= 0.6 is 0 Å². The van der Waals surface area contributed by atoms with E-state index < -0.39 is 10.0 Å². The van der Waals surface area contributed by atoms with Crippen LogP contribution in [0.1, 0.15) is 36.7 Å². The summed E-state index contributed by atoms with van der Waals surface area (Å²) in [7, 11) is -3.55. The Morgan fingerprint density at radius 3 is 2.10 bits per heavy atom. The van der Waals surface area contributed by atoms with Gasteiger partial charge >= 0.3 is 0 Å². The van der Waals surface area contributed by atoms with E-state index in [4.69, 9.17) is 0 Å². The van der Waals surface area contributed by atoms with E-state index in [1.807, 2.05) is 0 Å². The second-order valence-electron chi connectivity index (χ2n) is 6.36. The Hall–Kier alpha value is -3.15. The quantitative estimate of drug-likeness (QED) is 0.664. The standard InChI is InChI=1S/C22H25N3O4S/c1-4-25(5-2)30(28,29)21-14-10-19(11-15-21)22(27)23-16-6-7-18-8-12-20(13-9-18)24-17(3)26/h8-15H,4-5,16H2,1-3H3,(H,23,27)(H,24,26). The first kappa shape index (κ1) is 23.1. The molecule has 8 heteroatoms. The van der Waals surface area contributed by atoms with Gasteiger partial charge in [0.15, 0.2) is 0 Å². The Balaban J connectivity index is 1.95. The molecule has 0 radical (unpaired) electrons. The first-order valence-corrected chi connectivity index (χ1v) is 11.0. The van der Waals surface area contributed by atoms with Crippen molar-refractivity contribution in [1.82, 2.24) is 9.62 Å². The highest BCUT2D eigenvalue weighted by Gasteiger charge is 2.21. The van der Waals surface area contributed by atoms with Crippen molar-refractivity contribution in [3.05, 3.63) is 59.7 Å². The Morgan fingerprint density at radius 1 is 0.967 bits per heavy atom. The van der Waals surface area contributed by atoms with Crippen LogP contribution in [0.3, 0.4) is 0 Å². The Bertz CT molecular complexity index is 1050. The van der Waals surface area contributed by atoms with E-state index in [0.29, 0.717) is 24.3 Å². The van der Waals surface area contributed by atoms with Gasteiger partial charge in [0.05, 0.1) is 11.4 Å². The van der Waals surface area contributed by atoms with Crippen molar-refractivity contribution < 1.29 is 18.0 Å². The van der Waals surface area contributed by atoms with Gasteiger partial charge in [0, 0.05) is 36.8 Å². The zero-order valence-electron chi connectivity index (χ0n) is 17.2. The van der Waals surface area contributed by atoms with Crippen molar-refractivity contribution >= 4 is 27.5 Å². The maximum Gasteiger partial charge on any atom is 0.252 e. The van der Waals surface area contributed by atoms with E-state index in [1.165, 1.54) is 35.5 Å². The van der Waals surface area contributed by atoms with E-state index in [1.54, 1.807) is 38.1 Å². The van der Waals surface area contributed by atoms with Crippen LogP contribution in [-0.4, -0.2) is 44.2 Å². The molecule has 158 valence electrons. The molecule has 0 aromatic heterocycles. The molecular formula is C22H25N3O4S. The maximum atomic E-state index is 12.5. The van der Waals surface area contributed by atoms with Crippen molar-refractivity contribution in [1.29, 1.82) is 0 Å². The summed E-state index contributed by atoms with van der Waals surface area (Å²) in [5.74, 6) is 5.30. The van der Waals surface area contributed by atoms with Crippen molar-refractivity contribution in [2.45, 2.75) is 25.7 Å². The normalized spacial score (nSPS) is 10.8. The lowest BCUT2D eigenvalue weighted by molar-refractivity contribution is -0.114. The molecule has 2 rings (SSSR count). The monoisotopic (exact) mass is 427 g/mol. The van der Waals surface area contributed by atoms with Gasteiger partial charge in [-0.2, -0.15) is 4.31 Å². The number of hydrogen-bond acceptors (Lipinski definition) is 4. The third-order valence-corrected chi connectivity index (χ3v) is 6.30. The van der Waals surface area contributed by atoms with Crippen LogP contribution in [0.15, 0.2) is 53.4 Å². The van der Waals surface area contributed by atoms with E-state index in [-0.39, 0.29) is 23.3 Å². The predicted octanol–water partition coefficient (Wildman–Crippen LogP) is 2.46. The molecule has 2 amide bonds. The number of benzene rings is 2. The Labute approximate surface area is 177 Å². The van der Waals surface area contributed by atoms with Crippen LogP contribution in [0.4, 0.5) is 5.69 Å². The number of carbonyl (C=O) groups excluding carboxylic acids is 2. The number of hydrogen-bond donors (Lipinski definition) is 2. The fourth-order valence-corrected chi connectivity index (χ4v) is 4.16. The summed E-state index contributed by atoms with van der Waals surface area (Å²) < 4.78 is 26.3. The molecule has 0 fully saturated rings. The molecule has 0 aliphatic carbocycles. The number of sulfonamides is 1. The van der Waals surface area contributed by atoms with Gasteiger partial charge in [-0.3, -0.25) is 9.59 Å². The first-order valence-electron chi connectivity index (χ1n) is 9.52. The molecule has 0 bridgehead atoms. The van der Waals surface area contributed by atoms with Gasteiger partial charge in [0.2, 0.25) is 15.9 Å². The number of amides is 2. The molecule has 0 saturated carbocycles. The van der Waals surface area contributed by atoms with Crippen LogP contribution in [-0.2, 0) is 14.8 Å². The van der Waals surface area contributed by atoms with Crippen LogP contribution in [0, 0.1) is 11.8 Å². The van der Waals surface area contributed by atoms with Gasteiger partial charge in [-0.1, -0.05) is 25.7 Å². The molecule has 2 N–H and O–H groups in total. The largest absolute Gasteiger partial charge is 0.341 e. The highest BCUT2D eigenvalue weighted by Crippen LogP contribution is 2.16. The van der Waals surface area contributed by atoms with Gasteiger partial charge in [0.1, 0.15) is 0 Å². The van der Waals surface area contributed by atoms with E-state index in [0.717, 1.165) is 5.56 Å². The SMILES string of the molecule is CCN(CC)S(=O)(=O)c1ccc(C(=O)NCC#Cc2ccc(NC(C)=O)cc2)cc1. The molecule has 2 aromatic carbocycles. The minimum Gasteiger partial charge on any atom is -0.341 e. The summed E-state index contributed by atoms with van der Waals surface area (Å²) >= 11 is 0. The highest BCUT2D eigenvalue weighted by atomic mass is 32.2. The van der Waals surface area contributed by atoms with Gasteiger partial charge in [-0.05, 0) is 48.5 Å². The number of rotatable bonds is 7. The molecule has 0 heterocycles. The molecule has 0 unspecified atom stereocenters. The Kier molecular flexibility index (Phi) is 8.16. The number of nitrogens with one attached hydrogen (secondary N) is 2. The van der Waals surface area contributed by atoms with Crippen LogP contribution in [0.25, 0.3) is 0 Å². The van der Waals surface area contributed by atoms with Crippen LogP contribution in [0.5, 0.6) is 0 Å². The number of carbonyl (C=O) groups is 2. The fourth-order valence-electron chi connectivity index (χ4n) is 2.70. The lowest BCUT2D eigenvalue weighted by Gasteiger charge is -2.18. The molecule has 0 spiro atoms. The summed E-state index contributed by atoms with van der Waals surface area (Å²) in [6.07, 6.45) is 0. The van der Waals surface area contributed by atoms with E-state index >= 15 is 0 Å². The van der Waals surface area contributed by atoms with Crippen molar-refractivity contribution in [2.24, 2.45) is 0 Å². The Morgan fingerprint density at radius 2 is 1.57 bits per heavy atom. The molecular weight excluding hydrogens is 402 g/mol. The average Bonchev–Trinajstić information content (AvgIpc) is 2.72. The van der Waals surface area contributed by atoms with E-state index in [2.05, 4.69) is 22.5 Å². The topological polar surface area (TPSA) is 95.6 Å². The summed E-state index contributed by atoms with van der Waals surface area (Å²) in [6.45, 7) is 5.91. The number of nitrogens with zero attached hydrogens (tertiary/aromatic N) is 1. The molecule has 2 aromatic rings. The molecule has 7 nitrogen and oxygen atoms in total. The van der Waals surface area contributed by atoms with Crippen LogP contribution < -0.4 is 10.6 Å². The van der Waals surface area contributed by atoms with Gasteiger partial charge < -0.3 is 10.6 Å². The molecule has 30 heavy (non-hydrogen) atoms. The van der Waals surface area contributed by atoms with Crippen LogP contribution in [0.2, 0.25) is 0 Å². The minimum absolute atomic E-state index is 0.143. The summed E-state index contributed by atoms with van der Waals surface area (Å²) in [5, 5.41) is 5.35. The lowest BCUT2D eigenvalue weighted by atomic mass is 10.2. The maximum absolute atomic E-state index is 12.5. The fraction of sp³-hybridized carbons (Fsp3) is 0.273. The van der Waals surface area contributed by atoms with Crippen molar-refractivity contribution in [3.63, 3.8) is 0 Å². The van der Waals surface area contributed by atoms with Gasteiger partial charge in [-0.15, -0.1) is 0 Å². The van der Waals surface area contributed by atoms with Gasteiger partial charge in [-0.25, -0.2) is 8.42 Å². The predicted molar refractivity (Wildman–Crippen MR) is 117 cm³/mol. The third kappa shape index (κ3) is 6.17. The number of anilines is 1. The molecule has 0 aliphatic heterocycles. The molecule has 0 atom stereocenters. The minimum atomic E-state index is -3.55. The lowest BCUT2D eigenvalue weighted by Crippen LogP contribution is -2.30. The smallest absolute Gasteiger partial charge is 0.252 e. The van der Waals surface area contributed by atoms with Crippen molar-refractivity contribution in [3.8, 4) is 11.8 Å². The second-order valence-corrected chi connectivity index (χ2v) is 8.29. The first-order chi connectivity index (χ1) is 14.3. The average molecular weight is 428 g/mol. The summed E-state index contributed by atoms with van der Waals surface area (Å²) in [4.78, 5) is 23.4. The van der Waals surface area contributed by atoms with Gasteiger partial charge in [0.25, 0.3) is 5.91 Å². The summed E-state index contributed by atoms with van der Waals surface area (Å²) in [5.41, 5.74) is 1.80. The molecule has 0 aliphatic rings. The second kappa shape index (κ2) is 10.6.